The molecule has 0 aliphatic carbocycles. The van der Waals surface area contributed by atoms with Crippen molar-refractivity contribution < 1.29 is 4.74 Å². The number of thiophene rings is 1. The number of aromatic nitrogens is 3. The normalized spacial score (nSPS) is 17.0. The summed E-state index contributed by atoms with van der Waals surface area (Å²) < 4.78 is 5.84. The van der Waals surface area contributed by atoms with Crippen LogP contribution in [0.5, 0.6) is 0 Å². The predicted molar refractivity (Wildman–Crippen MR) is 103 cm³/mol. The summed E-state index contributed by atoms with van der Waals surface area (Å²) in [6, 6.07) is 8.21. The minimum atomic E-state index is 0.322. The molecule has 1 atom stereocenters. The second kappa shape index (κ2) is 8.49. The fraction of sp³-hybridized carbons (Fsp3) is 0.350. The van der Waals surface area contributed by atoms with E-state index in [1.807, 2.05) is 42.3 Å². The molecule has 0 bridgehead atoms. The lowest BCUT2D eigenvalue weighted by Gasteiger charge is -2.25. The van der Waals surface area contributed by atoms with Gasteiger partial charge < -0.3 is 4.74 Å². The minimum Gasteiger partial charge on any atom is -0.377 e. The molecule has 3 aromatic rings. The maximum Gasteiger partial charge on any atom is 0.169 e. The number of rotatable bonds is 7. The summed E-state index contributed by atoms with van der Waals surface area (Å²) in [7, 11) is 0. The largest absolute Gasteiger partial charge is 0.377 e. The Hall–Kier alpha value is -2.15. The first kappa shape index (κ1) is 17.3. The lowest BCUT2D eigenvalue weighted by molar-refractivity contribution is 0.0678. The molecule has 0 saturated carbocycles. The second-order valence-corrected chi connectivity index (χ2v) is 7.50. The molecule has 1 aliphatic heterocycles. The summed E-state index contributed by atoms with van der Waals surface area (Å²) >= 11 is 1.66. The van der Waals surface area contributed by atoms with Crippen molar-refractivity contribution in [2.45, 2.75) is 32.0 Å². The van der Waals surface area contributed by atoms with Crippen LogP contribution in [0.4, 0.5) is 0 Å². The first-order valence-corrected chi connectivity index (χ1v) is 9.82. The summed E-state index contributed by atoms with van der Waals surface area (Å²) in [5.41, 5.74) is 2.38. The van der Waals surface area contributed by atoms with Crippen molar-refractivity contribution >= 4 is 11.3 Å². The zero-order valence-corrected chi connectivity index (χ0v) is 15.4. The quantitative estimate of drug-likeness (QED) is 0.637. The summed E-state index contributed by atoms with van der Waals surface area (Å²) in [5.74, 6) is 0.795. The van der Waals surface area contributed by atoms with Crippen molar-refractivity contribution in [2.24, 2.45) is 0 Å². The highest BCUT2D eigenvalue weighted by atomic mass is 32.1. The minimum absolute atomic E-state index is 0.322. The fourth-order valence-electron chi connectivity index (χ4n) is 3.24. The van der Waals surface area contributed by atoms with Gasteiger partial charge in [-0.25, -0.2) is 9.97 Å². The van der Waals surface area contributed by atoms with Crippen LogP contribution in [0.2, 0.25) is 0 Å². The third kappa shape index (κ3) is 4.52. The molecule has 3 aromatic heterocycles. The van der Waals surface area contributed by atoms with Gasteiger partial charge in [0.05, 0.1) is 11.0 Å². The molecule has 0 amide bonds. The number of ether oxygens (including phenoxy) is 1. The fourth-order valence-corrected chi connectivity index (χ4v) is 3.91. The predicted octanol–water partition coefficient (Wildman–Crippen LogP) is 3.78. The zero-order chi connectivity index (χ0) is 17.6. The molecule has 5 nitrogen and oxygen atoms in total. The molecule has 0 N–H and O–H groups in total. The summed E-state index contributed by atoms with van der Waals surface area (Å²) in [5, 5.41) is 2.05. The molecule has 4 rings (SSSR count). The van der Waals surface area contributed by atoms with Gasteiger partial charge in [0.1, 0.15) is 0 Å². The maximum absolute atomic E-state index is 5.84. The van der Waals surface area contributed by atoms with E-state index in [4.69, 9.17) is 4.74 Å². The van der Waals surface area contributed by atoms with Gasteiger partial charge in [0, 0.05) is 56.6 Å². The Morgan fingerprint density at radius 1 is 1.08 bits per heavy atom. The summed E-state index contributed by atoms with van der Waals surface area (Å²) in [6.07, 6.45) is 10.2. The van der Waals surface area contributed by atoms with Crippen LogP contribution in [0.15, 0.2) is 54.4 Å². The van der Waals surface area contributed by atoms with Gasteiger partial charge in [-0.15, -0.1) is 11.3 Å². The molecule has 0 radical (unpaired) electrons. The van der Waals surface area contributed by atoms with E-state index in [2.05, 4.69) is 32.0 Å². The molecule has 0 aromatic carbocycles. The molecular weight excluding hydrogens is 344 g/mol. The van der Waals surface area contributed by atoms with Crippen molar-refractivity contribution in [3.05, 3.63) is 65.6 Å². The number of nitrogens with zero attached hydrogens (tertiary/aromatic N) is 4. The maximum atomic E-state index is 5.84. The van der Waals surface area contributed by atoms with Crippen molar-refractivity contribution in [3.63, 3.8) is 0 Å². The lowest BCUT2D eigenvalue weighted by Crippen LogP contribution is -2.31. The Bertz CT molecular complexity index is 786. The first-order chi connectivity index (χ1) is 12.9. The molecule has 1 fully saturated rings. The Balaban J connectivity index is 1.46. The van der Waals surface area contributed by atoms with E-state index in [0.29, 0.717) is 6.10 Å². The van der Waals surface area contributed by atoms with E-state index in [1.165, 1.54) is 5.56 Å². The number of hydrogen-bond acceptors (Lipinski definition) is 6. The van der Waals surface area contributed by atoms with Crippen LogP contribution in [0.1, 0.15) is 24.0 Å². The van der Waals surface area contributed by atoms with Crippen molar-refractivity contribution in [1.82, 2.24) is 19.9 Å². The molecule has 1 aliphatic rings. The first-order valence-electron chi connectivity index (χ1n) is 8.94. The molecular formula is C20H22N4OS. The van der Waals surface area contributed by atoms with Gasteiger partial charge in [-0.3, -0.25) is 9.88 Å². The highest BCUT2D eigenvalue weighted by Crippen LogP contribution is 2.21. The van der Waals surface area contributed by atoms with E-state index in [-0.39, 0.29) is 0 Å². The molecule has 6 heteroatoms. The summed E-state index contributed by atoms with van der Waals surface area (Å²) in [4.78, 5) is 16.7. The van der Waals surface area contributed by atoms with Gasteiger partial charge >= 0.3 is 0 Å². The Morgan fingerprint density at radius 2 is 1.88 bits per heavy atom. The van der Waals surface area contributed by atoms with Crippen molar-refractivity contribution in [2.75, 3.05) is 13.2 Å². The van der Waals surface area contributed by atoms with Crippen LogP contribution >= 0.6 is 11.3 Å². The average Bonchev–Trinajstić information content (AvgIpc) is 3.37. The zero-order valence-electron chi connectivity index (χ0n) is 14.6. The van der Waals surface area contributed by atoms with Gasteiger partial charge in [0.25, 0.3) is 0 Å². The Kier molecular flexibility index (Phi) is 5.64. The van der Waals surface area contributed by atoms with Gasteiger partial charge in [-0.1, -0.05) is 6.07 Å². The van der Waals surface area contributed by atoms with Gasteiger partial charge in [0.2, 0.25) is 0 Å². The van der Waals surface area contributed by atoms with Gasteiger partial charge in [0.15, 0.2) is 5.82 Å². The van der Waals surface area contributed by atoms with E-state index in [9.17, 15) is 0 Å². The van der Waals surface area contributed by atoms with Crippen molar-refractivity contribution in [1.29, 1.82) is 0 Å². The molecule has 0 spiro atoms. The molecule has 134 valence electrons. The van der Waals surface area contributed by atoms with E-state index < -0.39 is 0 Å². The average molecular weight is 366 g/mol. The van der Waals surface area contributed by atoms with Gasteiger partial charge in [-0.05, 0) is 42.0 Å². The highest BCUT2D eigenvalue weighted by Gasteiger charge is 2.20. The lowest BCUT2D eigenvalue weighted by atomic mass is 10.2. The highest BCUT2D eigenvalue weighted by molar-refractivity contribution is 7.13. The third-order valence-electron chi connectivity index (χ3n) is 4.49. The number of hydrogen-bond donors (Lipinski definition) is 0. The molecule has 0 unspecified atom stereocenters. The Morgan fingerprint density at radius 3 is 2.58 bits per heavy atom. The SMILES string of the molecule is c1csc(-c2ncc(CN(Cc3ccncc3)C[C@H]3CCCO3)cn2)c1. The topological polar surface area (TPSA) is 51.1 Å². The van der Waals surface area contributed by atoms with Crippen LogP contribution in [-0.2, 0) is 17.8 Å². The van der Waals surface area contributed by atoms with Crippen LogP contribution < -0.4 is 0 Å². The van der Waals surface area contributed by atoms with Crippen LogP contribution in [0.25, 0.3) is 10.7 Å². The summed E-state index contributed by atoms with van der Waals surface area (Å²) in [6.45, 7) is 3.49. The number of pyridine rings is 1. The van der Waals surface area contributed by atoms with E-state index in [1.54, 1.807) is 11.3 Å². The monoisotopic (exact) mass is 366 g/mol. The molecule has 26 heavy (non-hydrogen) atoms. The molecule has 4 heterocycles. The van der Waals surface area contributed by atoms with Crippen LogP contribution in [0.3, 0.4) is 0 Å². The van der Waals surface area contributed by atoms with Crippen LogP contribution in [-0.4, -0.2) is 39.1 Å². The van der Waals surface area contributed by atoms with E-state index in [0.717, 1.165) is 55.3 Å². The van der Waals surface area contributed by atoms with Crippen LogP contribution in [0, 0.1) is 0 Å². The Labute approximate surface area is 157 Å². The third-order valence-corrected chi connectivity index (χ3v) is 5.36. The second-order valence-electron chi connectivity index (χ2n) is 6.55. The van der Waals surface area contributed by atoms with Crippen molar-refractivity contribution in [3.8, 4) is 10.7 Å². The smallest absolute Gasteiger partial charge is 0.169 e. The van der Waals surface area contributed by atoms with E-state index >= 15 is 0 Å². The molecule has 1 saturated heterocycles. The van der Waals surface area contributed by atoms with Gasteiger partial charge in [-0.2, -0.15) is 0 Å². The standard InChI is InChI=1S/C20H22N4OS/c1-3-18(25-9-1)15-24(13-16-5-7-21-8-6-16)14-17-11-22-20(23-12-17)19-4-2-10-26-19/h2,4-8,10-12,18H,1,3,9,13-15H2/t18-/m1/s1.